The van der Waals surface area contributed by atoms with Crippen molar-refractivity contribution in [3.8, 4) is 6.07 Å². The summed E-state index contributed by atoms with van der Waals surface area (Å²) in [6, 6.07) is 29.4. The van der Waals surface area contributed by atoms with Gasteiger partial charge in [-0.25, -0.2) is 9.59 Å². The van der Waals surface area contributed by atoms with E-state index < -0.39 is 17.9 Å². The fourth-order valence-corrected chi connectivity index (χ4v) is 5.42. The maximum Gasteiger partial charge on any atom is 0.336 e. The average molecular weight is 569 g/mol. The number of esters is 2. The van der Waals surface area contributed by atoms with Crippen molar-refractivity contribution in [2.24, 2.45) is 0 Å². The smallest absolute Gasteiger partial charge is 0.336 e. The summed E-state index contributed by atoms with van der Waals surface area (Å²) < 4.78 is 11.4. The highest BCUT2D eigenvalue weighted by molar-refractivity contribution is 6.30. The van der Waals surface area contributed by atoms with Crippen LogP contribution in [0.5, 0.6) is 0 Å². The molecule has 0 bridgehead atoms. The molecule has 0 aliphatic carbocycles. The van der Waals surface area contributed by atoms with Gasteiger partial charge in [-0.3, -0.25) is 0 Å². The molecule has 6 nitrogen and oxygen atoms in total. The standard InChI is InChI=1S/C34H33ClN2O4/c1-3-29-32(34(39)41-21-18-28(24-12-6-4-7-13-24)25-14-8-5-9-15-25)31(26-16-10-17-27(35)22-26)30(23(2)37-29)33(38)40-20-11-19-36/h4-10,12-17,22,28,31,37H,3,11,18,20-21H2,1-2H3. The van der Waals surface area contributed by atoms with Crippen LogP contribution < -0.4 is 5.32 Å². The molecule has 210 valence electrons. The Morgan fingerprint density at radius 2 is 1.51 bits per heavy atom. The van der Waals surface area contributed by atoms with Crippen molar-refractivity contribution >= 4 is 23.5 Å². The molecule has 1 aliphatic rings. The highest BCUT2D eigenvalue weighted by atomic mass is 35.5. The number of rotatable bonds is 11. The topological polar surface area (TPSA) is 88.4 Å². The number of allylic oxidation sites excluding steroid dienone is 2. The minimum absolute atomic E-state index is 0.0428. The van der Waals surface area contributed by atoms with E-state index in [2.05, 4.69) is 29.6 Å². The van der Waals surface area contributed by atoms with E-state index in [1.165, 1.54) is 0 Å². The third-order valence-electron chi connectivity index (χ3n) is 7.11. The zero-order valence-electron chi connectivity index (χ0n) is 23.2. The largest absolute Gasteiger partial charge is 0.462 e. The second-order valence-electron chi connectivity index (χ2n) is 9.74. The van der Waals surface area contributed by atoms with Crippen LogP contribution in [-0.2, 0) is 19.1 Å². The maximum absolute atomic E-state index is 13.9. The molecule has 0 spiro atoms. The van der Waals surface area contributed by atoms with Crippen molar-refractivity contribution in [2.75, 3.05) is 13.2 Å². The Hall–Kier alpha value is -4.34. The summed E-state index contributed by atoms with van der Waals surface area (Å²) >= 11 is 6.35. The van der Waals surface area contributed by atoms with Gasteiger partial charge in [-0.05, 0) is 48.6 Å². The molecule has 3 aromatic carbocycles. The second kappa shape index (κ2) is 14.3. The third kappa shape index (κ3) is 7.25. The van der Waals surface area contributed by atoms with Crippen LogP contribution in [0.1, 0.15) is 61.6 Å². The van der Waals surface area contributed by atoms with E-state index in [0.717, 1.165) is 11.1 Å². The van der Waals surface area contributed by atoms with Crippen LogP contribution in [0.3, 0.4) is 0 Å². The summed E-state index contributed by atoms with van der Waals surface area (Å²) in [5.74, 6) is -1.80. The SMILES string of the molecule is CCC1=C(C(=O)OCCC(c2ccccc2)c2ccccc2)C(c2cccc(Cl)c2)C(C(=O)OCCC#N)=C(C)N1. The van der Waals surface area contributed by atoms with Gasteiger partial charge in [0.25, 0.3) is 0 Å². The number of nitrogens with zero attached hydrogens (tertiary/aromatic N) is 1. The number of benzene rings is 3. The summed E-state index contributed by atoms with van der Waals surface area (Å²) in [6.45, 7) is 3.86. The van der Waals surface area contributed by atoms with E-state index in [4.69, 9.17) is 26.3 Å². The summed E-state index contributed by atoms with van der Waals surface area (Å²) in [4.78, 5) is 27.1. The Morgan fingerprint density at radius 3 is 2.10 bits per heavy atom. The Kier molecular flexibility index (Phi) is 10.4. The number of nitrogens with one attached hydrogen (secondary N) is 1. The highest BCUT2D eigenvalue weighted by Gasteiger charge is 2.38. The molecule has 7 heteroatoms. The summed E-state index contributed by atoms with van der Waals surface area (Å²) in [5, 5.41) is 12.6. The molecular formula is C34H33ClN2O4. The van der Waals surface area contributed by atoms with Gasteiger partial charge in [0.1, 0.15) is 6.61 Å². The molecule has 3 aromatic rings. The molecular weight excluding hydrogens is 536 g/mol. The molecule has 1 heterocycles. The fourth-order valence-electron chi connectivity index (χ4n) is 5.22. The number of dihydropyridines is 1. The van der Waals surface area contributed by atoms with Crippen LogP contribution in [0.15, 0.2) is 107 Å². The Morgan fingerprint density at radius 1 is 0.902 bits per heavy atom. The van der Waals surface area contributed by atoms with Gasteiger partial charge < -0.3 is 14.8 Å². The first-order valence-corrected chi connectivity index (χ1v) is 14.1. The minimum atomic E-state index is -0.744. The molecule has 1 atom stereocenters. The van der Waals surface area contributed by atoms with Crippen molar-refractivity contribution in [3.05, 3.63) is 129 Å². The second-order valence-corrected chi connectivity index (χ2v) is 10.2. The zero-order valence-corrected chi connectivity index (χ0v) is 24.0. The number of hydrogen-bond donors (Lipinski definition) is 1. The predicted molar refractivity (Wildman–Crippen MR) is 159 cm³/mol. The normalized spacial score (nSPS) is 14.9. The van der Waals surface area contributed by atoms with Gasteiger partial charge in [-0.15, -0.1) is 0 Å². The van der Waals surface area contributed by atoms with E-state index >= 15 is 0 Å². The Labute approximate surface area is 246 Å². The van der Waals surface area contributed by atoms with Crippen molar-refractivity contribution in [2.45, 2.75) is 44.9 Å². The first-order valence-electron chi connectivity index (χ1n) is 13.7. The van der Waals surface area contributed by atoms with Crippen LogP contribution in [0.2, 0.25) is 5.02 Å². The summed E-state index contributed by atoms with van der Waals surface area (Å²) in [5.41, 5.74) is 4.85. The fraction of sp³-hybridized carbons (Fsp3) is 0.265. The lowest BCUT2D eigenvalue weighted by molar-refractivity contribution is -0.140. The van der Waals surface area contributed by atoms with Gasteiger partial charge in [-0.2, -0.15) is 5.26 Å². The average Bonchev–Trinajstić information content (AvgIpc) is 2.99. The quantitative estimate of drug-likeness (QED) is 0.194. The van der Waals surface area contributed by atoms with E-state index in [9.17, 15) is 9.59 Å². The van der Waals surface area contributed by atoms with Gasteiger partial charge >= 0.3 is 11.9 Å². The summed E-state index contributed by atoms with van der Waals surface area (Å²) in [6.07, 6.45) is 1.18. The lowest BCUT2D eigenvalue weighted by Crippen LogP contribution is -2.33. The molecule has 1 unspecified atom stereocenters. The van der Waals surface area contributed by atoms with Gasteiger partial charge in [-0.1, -0.05) is 91.3 Å². The zero-order chi connectivity index (χ0) is 29.2. The van der Waals surface area contributed by atoms with E-state index in [0.29, 0.717) is 46.0 Å². The highest BCUT2D eigenvalue weighted by Crippen LogP contribution is 2.41. The number of halogens is 1. The maximum atomic E-state index is 13.9. The van der Waals surface area contributed by atoms with Gasteiger partial charge in [0.15, 0.2) is 0 Å². The number of carbonyl (C=O) groups is 2. The Balaban J connectivity index is 1.63. The number of carbonyl (C=O) groups excluding carboxylic acids is 2. The number of nitriles is 1. The van der Waals surface area contributed by atoms with Crippen molar-refractivity contribution in [1.82, 2.24) is 5.32 Å². The minimum Gasteiger partial charge on any atom is -0.462 e. The lowest BCUT2D eigenvalue weighted by Gasteiger charge is -2.31. The van der Waals surface area contributed by atoms with Crippen molar-refractivity contribution < 1.29 is 19.1 Å². The number of hydrogen-bond acceptors (Lipinski definition) is 6. The molecule has 0 fully saturated rings. The van der Waals surface area contributed by atoms with Crippen molar-refractivity contribution in [3.63, 3.8) is 0 Å². The first-order chi connectivity index (χ1) is 19.9. The molecule has 0 saturated heterocycles. The van der Waals surface area contributed by atoms with Crippen LogP contribution >= 0.6 is 11.6 Å². The molecule has 4 rings (SSSR count). The predicted octanol–water partition coefficient (Wildman–Crippen LogP) is 7.19. The van der Waals surface area contributed by atoms with Crippen molar-refractivity contribution in [1.29, 1.82) is 5.26 Å². The van der Waals surface area contributed by atoms with Crippen LogP contribution in [0.25, 0.3) is 0 Å². The summed E-state index contributed by atoms with van der Waals surface area (Å²) in [7, 11) is 0. The van der Waals surface area contributed by atoms with Gasteiger partial charge in [0.05, 0.1) is 36.2 Å². The van der Waals surface area contributed by atoms with Gasteiger partial charge in [0, 0.05) is 22.3 Å². The molecule has 1 aliphatic heterocycles. The monoisotopic (exact) mass is 568 g/mol. The van der Waals surface area contributed by atoms with Gasteiger partial charge in [0.2, 0.25) is 0 Å². The lowest BCUT2D eigenvalue weighted by atomic mass is 9.80. The van der Waals surface area contributed by atoms with Crippen LogP contribution in [0.4, 0.5) is 0 Å². The molecule has 0 saturated carbocycles. The molecule has 0 amide bonds. The van der Waals surface area contributed by atoms with Crippen LogP contribution in [0, 0.1) is 11.3 Å². The molecule has 1 N–H and O–H groups in total. The third-order valence-corrected chi connectivity index (χ3v) is 7.35. The Bertz CT molecular complexity index is 1440. The molecule has 0 radical (unpaired) electrons. The molecule has 0 aromatic heterocycles. The number of ether oxygens (including phenoxy) is 2. The van der Waals surface area contributed by atoms with Crippen LogP contribution in [-0.4, -0.2) is 25.2 Å². The van der Waals surface area contributed by atoms with E-state index in [1.807, 2.05) is 55.5 Å². The first kappa shape index (κ1) is 29.6. The molecule has 41 heavy (non-hydrogen) atoms. The van der Waals surface area contributed by atoms with E-state index in [-0.39, 0.29) is 25.6 Å². The van der Waals surface area contributed by atoms with E-state index in [1.54, 1.807) is 25.1 Å².